The van der Waals surface area contributed by atoms with Crippen LogP contribution in [0.15, 0.2) is 11.1 Å². The maximum Gasteiger partial charge on any atom is 0.223 e. The number of nitrogens with zero attached hydrogens (tertiary/aromatic N) is 1. The number of unbranched alkanes of at least 4 members (excludes halogenated alkanes) is 27. The van der Waals surface area contributed by atoms with Crippen molar-refractivity contribution in [1.82, 2.24) is 10.2 Å². The highest BCUT2D eigenvalue weighted by Crippen LogP contribution is 2.32. The molecule has 0 radical (unpaired) electrons. The van der Waals surface area contributed by atoms with Crippen LogP contribution in [0.25, 0.3) is 0 Å². The molecule has 3 unspecified atom stereocenters. The third kappa shape index (κ3) is 31.2. The Kier molecular flexibility index (Phi) is 36.9. The zero-order valence-corrected chi connectivity index (χ0v) is 36.6. The number of hydrogen-bond donors (Lipinski definition) is 1. The van der Waals surface area contributed by atoms with Crippen LogP contribution < -0.4 is 5.32 Å². The van der Waals surface area contributed by atoms with Crippen molar-refractivity contribution in [1.29, 1.82) is 0 Å². The second-order valence-electron chi connectivity index (χ2n) is 17.2. The van der Waals surface area contributed by atoms with Crippen LogP contribution in [0.1, 0.15) is 247 Å². The van der Waals surface area contributed by atoms with Crippen LogP contribution in [0.3, 0.4) is 0 Å². The van der Waals surface area contributed by atoms with Crippen molar-refractivity contribution < 1.29 is 4.79 Å². The normalized spacial score (nSPS) is 13.4. The maximum absolute atomic E-state index is 13.1. The molecular weight excluding hydrogens is 621 g/mol. The summed E-state index contributed by atoms with van der Waals surface area (Å²) in [5.74, 6) is 1.10. The van der Waals surface area contributed by atoms with Gasteiger partial charge in [0.05, 0.1) is 0 Å². The number of carbonyl (C=O) groups is 1. The molecule has 0 heterocycles. The monoisotopic (exact) mass is 717 g/mol. The summed E-state index contributed by atoms with van der Waals surface area (Å²) in [5, 5.41) is 3.25. The average Bonchev–Trinajstić information content (AvgIpc) is 3.12. The Balaban J connectivity index is 4.66. The van der Waals surface area contributed by atoms with Gasteiger partial charge in [-0.2, -0.15) is 0 Å². The summed E-state index contributed by atoms with van der Waals surface area (Å²) in [6.45, 7) is 15.8. The maximum atomic E-state index is 13.1. The first-order chi connectivity index (χ1) is 24.8. The van der Waals surface area contributed by atoms with Crippen LogP contribution in [0.5, 0.6) is 0 Å². The largest absolute Gasteiger partial charge is 0.356 e. The SMILES string of the molecule is CCCCCCCCCCCCCCCCC(CCCCCCCCCCCCCCCC)=C(C)C(C)C(C)C(C)C(=O)NCCCCN(C)C. The van der Waals surface area contributed by atoms with Crippen LogP contribution in [-0.2, 0) is 4.79 Å². The second-order valence-corrected chi connectivity index (χ2v) is 17.2. The zero-order valence-electron chi connectivity index (χ0n) is 36.6. The van der Waals surface area contributed by atoms with Crippen molar-refractivity contribution in [2.24, 2.45) is 17.8 Å². The summed E-state index contributed by atoms with van der Waals surface area (Å²) >= 11 is 0. The molecule has 0 saturated heterocycles. The first-order valence-electron chi connectivity index (χ1n) is 23.4. The lowest BCUT2D eigenvalue weighted by molar-refractivity contribution is -0.126. The minimum absolute atomic E-state index is 0.0483. The molecule has 0 aliphatic carbocycles. The van der Waals surface area contributed by atoms with E-state index in [9.17, 15) is 4.79 Å². The van der Waals surface area contributed by atoms with E-state index in [2.05, 4.69) is 65.9 Å². The van der Waals surface area contributed by atoms with Crippen LogP contribution in [0, 0.1) is 17.8 Å². The van der Waals surface area contributed by atoms with Gasteiger partial charge in [0.1, 0.15) is 0 Å². The summed E-state index contributed by atoms with van der Waals surface area (Å²) < 4.78 is 0. The topological polar surface area (TPSA) is 32.3 Å². The Morgan fingerprint density at radius 3 is 1.14 bits per heavy atom. The van der Waals surface area contributed by atoms with Crippen molar-refractivity contribution in [2.45, 2.75) is 247 Å². The number of rotatable bonds is 39. The molecular formula is C48H96N2O. The molecule has 0 fully saturated rings. The lowest BCUT2D eigenvalue weighted by atomic mass is 9.78. The molecule has 0 rings (SSSR count). The standard InChI is InChI=1S/C48H96N2O/c1-9-11-13-15-17-19-21-23-25-27-29-31-33-35-39-47(40-36-34-32-30-28-26-24-22-20-18-16-14-12-10-2)45(5)43(3)44(4)46(6)48(51)49-41-37-38-42-50(7)8/h43-44,46H,9-42H2,1-8H3,(H,49,51). The molecule has 0 saturated carbocycles. The minimum Gasteiger partial charge on any atom is -0.356 e. The summed E-state index contributed by atoms with van der Waals surface area (Å²) in [6, 6.07) is 0. The van der Waals surface area contributed by atoms with Gasteiger partial charge >= 0.3 is 0 Å². The highest BCUT2D eigenvalue weighted by Gasteiger charge is 2.26. The van der Waals surface area contributed by atoms with Crippen molar-refractivity contribution in [2.75, 3.05) is 27.2 Å². The lowest BCUT2D eigenvalue weighted by Gasteiger charge is -2.28. The van der Waals surface area contributed by atoms with Crippen LogP contribution in [0.4, 0.5) is 0 Å². The third-order valence-corrected chi connectivity index (χ3v) is 12.2. The minimum atomic E-state index is 0.0483. The Morgan fingerprint density at radius 1 is 0.471 bits per heavy atom. The Labute approximate surface area is 323 Å². The Bertz CT molecular complexity index is 739. The molecule has 0 aromatic carbocycles. The van der Waals surface area contributed by atoms with Gasteiger partial charge in [0, 0.05) is 12.5 Å². The van der Waals surface area contributed by atoms with Crippen LogP contribution in [0.2, 0.25) is 0 Å². The van der Waals surface area contributed by atoms with Gasteiger partial charge < -0.3 is 10.2 Å². The van der Waals surface area contributed by atoms with Gasteiger partial charge in [-0.3, -0.25) is 4.79 Å². The Hall–Kier alpha value is -0.830. The molecule has 3 nitrogen and oxygen atoms in total. The van der Waals surface area contributed by atoms with E-state index in [1.54, 1.807) is 11.1 Å². The highest BCUT2D eigenvalue weighted by molar-refractivity contribution is 5.78. The number of carbonyl (C=O) groups excluding carboxylic acids is 1. The lowest BCUT2D eigenvalue weighted by Crippen LogP contribution is -2.35. The molecule has 304 valence electrons. The molecule has 0 aromatic rings. The molecule has 3 heteroatoms. The molecule has 51 heavy (non-hydrogen) atoms. The van der Waals surface area contributed by atoms with E-state index < -0.39 is 0 Å². The van der Waals surface area contributed by atoms with E-state index in [4.69, 9.17) is 0 Å². The molecule has 1 amide bonds. The fourth-order valence-corrected chi connectivity index (χ4v) is 7.90. The van der Waals surface area contributed by atoms with E-state index in [0.717, 1.165) is 25.9 Å². The predicted octanol–water partition coefficient (Wildman–Crippen LogP) is 15.4. The van der Waals surface area contributed by atoms with Gasteiger partial charge in [-0.05, 0) is 77.9 Å². The first-order valence-corrected chi connectivity index (χ1v) is 23.4. The molecule has 0 aliphatic heterocycles. The van der Waals surface area contributed by atoms with Crippen molar-refractivity contribution in [3.8, 4) is 0 Å². The molecule has 3 atom stereocenters. The van der Waals surface area contributed by atoms with Gasteiger partial charge in [-0.1, -0.05) is 213 Å². The summed E-state index contributed by atoms with van der Waals surface area (Å²) in [6.07, 6.45) is 44.5. The molecule has 0 aromatic heterocycles. The highest BCUT2D eigenvalue weighted by atomic mass is 16.1. The number of nitrogens with one attached hydrogen (secondary N) is 1. The van der Waals surface area contributed by atoms with Crippen molar-refractivity contribution in [3.05, 3.63) is 11.1 Å². The van der Waals surface area contributed by atoms with Crippen LogP contribution >= 0.6 is 0 Å². The third-order valence-electron chi connectivity index (χ3n) is 12.2. The van der Waals surface area contributed by atoms with E-state index in [1.807, 2.05) is 0 Å². The van der Waals surface area contributed by atoms with E-state index in [1.165, 1.54) is 193 Å². The van der Waals surface area contributed by atoms with E-state index in [-0.39, 0.29) is 11.8 Å². The van der Waals surface area contributed by atoms with Crippen molar-refractivity contribution in [3.63, 3.8) is 0 Å². The van der Waals surface area contributed by atoms with Gasteiger partial charge in [0.25, 0.3) is 0 Å². The zero-order chi connectivity index (χ0) is 37.8. The summed E-state index contributed by atoms with van der Waals surface area (Å²) in [7, 11) is 4.24. The van der Waals surface area contributed by atoms with Gasteiger partial charge in [-0.15, -0.1) is 0 Å². The fourth-order valence-electron chi connectivity index (χ4n) is 7.90. The summed E-state index contributed by atoms with van der Waals surface area (Å²) in [4.78, 5) is 15.3. The molecule has 1 N–H and O–H groups in total. The smallest absolute Gasteiger partial charge is 0.223 e. The number of allylic oxidation sites excluding steroid dienone is 2. The van der Waals surface area contributed by atoms with E-state index >= 15 is 0 Å². The van der Waals surface area contributed by atoms with Gasteiger partial charge in [0.2, 0.25) is 5.91 Å². The second kappa shape index (κ2) is 37.5. The number of amides is 1. The average molecular weight is 717 g/mol. The fraction of sp³-hybridized carbons (Fsp3) is 0.938. The predicted molar refractivity (Wildman–Crippen MR) is 231 cm³/mol. The van der Waals surface area contributed by atoms with E-state index in [0.29, 0.717) is 11.8 Å². The Morgan fingerprint density at radius 2 is 0.804 bits per heavy atom. The quantitative estimate of drug-likeness (QED) is 0.0507. The van der Waals surface area contributed by atoms with Crippen LogP contribution in [-0.4, -0.2) is 38.0 Å². The first kappa shape index (κ1) is 50.2. The van der Waals surface area contributed by atoms with Gasteiger partial charge in [0.15, 0.2) is 0 Å². The number of hydrogen-bond acceptors (Lipinski definition) is 2. The summed E-state index contributed by atoms with van der Waals surface area (Å²) in [5.41, 5.74) is 3.32. The molecule has 0 spiro atoms. The molecule has 0 aliphatic rings. The molecule has 0 bridgehead atoms. The van der Waals surface area contributed by atoms with Gasteiger partial charge in [-0.25, -0.2) is 0 Å². The van der Waals surface area contributed by atoms with Crippen molar-refractivity contribution >= 4 is 5.91 Å².